The van der Waals surface area contributed by atoms with Crippen molar-refractivity contribution in [3.05, 3.63) is 96.2 Å². The van der Waals surface area contributed by atoms with Gasteiger partial charge in [0, 0.05) is 34.3 Å². The fourth-order valence-electron chi connectivity index (χ4n) is 3.39. The maximum absolute atomic E-state index is 12.4. The van der Waals surface area contributed by atoms with Crippen LogP contribution in [0.3, 0.4) is 0 Å². The average Bonchev–Trinajstić information content (AvgIpc) is 3.29. The Labute approximate surface area is 201 Å². The standard InChI is InChI=1S/C26H24N4O3S/c1-33-23-13-9-18(10-14-23)25-20(15-30(29-25)22-5-3-2-4-6-22)16-34-17-24(31)28-21-11-7-19(8-12-21)26(27)32/h2-15H,16-17H2,1H3,(H2,27,32)(H,28,31). The van der Waals surface area contributed by atoms with Crippen molar-refractivity contribution in [2.24, 2.45) is 5.73 Å². The minimum Gasteiger partial charge on any atom is -0.497 e. The molecule has 0 aliphatic carbocycles. The number of amides is 2. The Morgan fingerprint density at radius 2 is 1.71 bits per heavy atom. The molecule has 3 N–H and O–H groups in total. The number of primary amides is 1. The number of methoxy groups -OCH3 is 1. The number of hydrogen-bond donors (Lipinski definition) is 2. The number of aromatic nitrogens is 2. The van der Waals surface area contributed by atoms with Crippen LogP contribution in [0, 0.1) is 0 Å². The zero-order valence-corrected chi connectivity index (χ0v) is 19.4. The molecule has 0 radical (unpaired) electrons. The monoisotopic (exact) mass is 472 g/mol. The number of carbonyl (C=O) groups is 2. The van der Waals surface area contributed by atoms with Crippen LogP contribution in [-0.4, -0.2) is 34.5 Å². The third kappa shape index (κ3) is 5.65. The van der Waals surface area contributed by atoms with E-state index in [2.05, 4.69) is 5.32 Å². The van der Waals surface area contributed by atoms with Crippen molar-refractivity contribution in [3.63, 3.8) is 0 Å². The second kappa shape index (κ2) is 10.7. The largest absolute Gasteiger partial charge is 0.497 e. The topological polar surface area (TPSA) is 99.2 Å². The lowest BCUT2D eigenvalue weighted by Crippen LogP contribution is -2.15. The predicted octanol–water partition coefficient (Wildman–Crippen LogP) is 4.52. The number of nitrogens with zero attached hydrogens (tertiary/aromatic N) is 2. The lowest BCUT2D eigenvalue weighted by Gasteiger charge is -2.06. The SMILES string of the molecule is COc1ccc(-c2nn(-c3ccccc3)cc2CSCC(=O)Nc2ccc(C(N)=O)cc2)cc1. The minimum atomic E-state index is -0.503. The molecule has 0 aliphatic rings. The third-order valence-corrected chi connectivity index (χ3v) is 6.10. The summed E-state index contributed by atoms with van der Waals surface area (Å²) in [5, 5.41) is 7.66. The Morgan fingerprint density at radius 3 is 2.35 bits per heavy atom. The molecule has 4 rings (SSSR count). The summed E-state index contributed by atoms with van der Waals surface area (Å²) in [6.07, 6.45) is 2.00. The Kier molecular flexibility index (Phi) is 7.29. The molecule has 34 heavy (non-hydrogen) atoms. The highest BCUT2D eigenvalue weighted by molar-refractivity contribution is 7.99. The van der Waals surface area contributed by atoms with E-state index < -0.39 is 5.91 Å². The molecule has 0 aliphatic heterocycles. The molecule has 0 spiro atoms. The first-order valence-corrected chi connectivity index (χ1v) is 11.7. The van der Waals surface area contributed by atoms with Crippen molar-refractivity contribution in [2.75, 3.05) is 18.2 Å². The summed E-state index contributed by atoms with van der Waals surface area (Å²) in [6.45, 7) is 0. The maximum Gasteiger partial charge on any atom is 0.248 e. The van der Waals surface area contributed by atoms with Crippen molar-refractivity contribution in [1.82, 2.24) is 9.78 Å². The van der Waals surface area contributed by atoms with E-state index in [1.165, 1.54) is 11.8 Å². The highest BCUT2D eigenvalue weighted by Gasteiger charge is 2.14. The number of nitrogens with one attached hydrogen (secondary N) is 1. The number of benzene rings is 3. The van der Waals surface area contributed by atoms with Crippen LogP contribution >= 0.6 is 11.8 Å². The molecule has 4 aromatic rings. The fourth-order valence-corrected chi connectivity index (χ4v) is 4.18. The molecule has 0 atom stereocenters. The molecule has 8 heteroatoms. The molecule has 0 unspecified atom stereocenters. The molecule has 0 fully saturated rings. The quantitative estimate of drug-likeness (QED) is 0.373. The van der Waals surface area contributed by atoms with Gasteiger partial charge < -0.3 is 15.8 Å². The van der Waals surface area contributed by atoms with Gasteiger partial charge in [0.2, 0.25) is 11.8 Å². The van der Waals surface area contributed by atoms with Crippen molar-refractivity contribution in [3.8, 4) is 22.7 Å². The normalized spacial score (nSPS) is 10.6. The Balaban J connectivity index is 1.46. The molecule has 3 aromatic carbocycles. The van der Waals surface area contributed by atoms with Crippen LogP contribution in [0.4, 0.5) is 5.69 Å². The van der Waals surface area contributed by atoms with Crippen molar-refractivity contribution in [2.45, 2.75) is 5.75 Å². The molecular formula is C26H24N4O3S. The number of anilines is 1. The maximum atomic E-state index is 12.4. The number of hydrogen-bond acceptors (Lipinski definition) is 5. The average molecular weight is 473 g/mol. The number of thioether (sulfide) groups is 1. The van der Waals surface area contributed by atoms with E-state index >= 15 is 0 Å². The molecule has 0 saturated heterocycles. The Bertz CT molecular complexity index is 1270. The number of ether oxygens (including phenoxy) is 1. The lowest BCUT2D eigenvalue weighted by molar-refractivity contribution is -0.113. The highest BCUT2D eigenvalue weighted by atomic mass is 32.2. The summed E-state index contributed by atoms with van der Waals surface area (Å²) in [5.41, 5.74) is 10.1. The summed E-state index contributed by atoms with van der Waals surface area (Å²) >= 11 is 1.50. The zero-order chi connectivity index (χ0) is 23.9. The number of rotatable bonds is 9. The number of para-hydroxylation sites is 1. The van der Waals surface area contributed by atoms with Gasteiger partial charge in [-0.3, -0.25) is 9.59 Å². The summed E-state index contributed by atoms with van der Waals surface area (Å²) in [7, 11) is 1.64. The van der Waals surface area contributed by atoms with Crippen LogP contribution in [0.5, 0.6) is 5.75 Å². The minimum absolute atomic E-state index is 0.127. The molecule has 0 bridgehead atoms. The van der Waals surface area contributed by atoms with Gasteiger partial charge in [0.05, 0.1) is 24.2 Å². The third-order valence-electron chi connectivity index (χ3n) is 5.12. The molecule has 7 nitrogen and oxygen atoms in total. The molecule has 1 heterocycles. The van der Waals surface area contributed by atoms with Crippen LogP contribution in [0.25, 0.3) is 16.9 Å². The van der Waals surface area contributed by atoms with Crippen LogP contribution in [0.2, 0.25) is 0 Å². The summed E-state index contributed by atoms with van der Waals surface area (Å²) in [4.78, 5) is 23.6. The van der Waals surface area contributed by atoms with Crippen LogP contribution in [-0.2, 0) is 10.5 Å². The van der Waals surface area contributed by atoms with Crippen molar-refractivity contribution >= 4 is 29.3 Å². The van der Waals surface area contributed by atoms with E-state index in [0.29, 0.717) is 17.0 Å². The van der Waals surface area contributed by atoms with Gasteiger partial charge in [-0.15, -0.1) is 11.8 Å². The fraction of sp³-hybridized carbons (Fsp3) is 0.115. The molecular weight excluding hydrogens is 448 g/mol. The van der Waals surface area contributed by atoms with Gasteiger partial charge in [-0.25, -0.2) is 4.68 Å². The van der Waals surface area contributed by atoms with Crippen molar-refractivity contribution in [1.29, 1.82) is 0 Å². The predicted molar refractivity (Wildman–Crippen MR) is 135 cm³/mol. The van der Waals surface area contributed by atoms with E-state index in [9.17, 15) is 9.59 Å². The van der Waals surface area contributed by atoms with Gasteiger partial charge in [0.15, 0.2) is 0 Å². The van der Waals surface area contributed by atoms with Crippen molar-refractivity contribution < 1.29 is 14.3 Å². The first kappa shape index (κ1) is 23.1. The van der Waals surface area contributed by atoms with E-state index in [1.807, 2.05) is 65.5 Å². The number of nitrogens with two attached hydrogens (primary N) is 1. The number of carbonyl (C=O) groups excluding carboxylic acids is 2. The Hall–Kier alpha value is -4.04. The van der Waals surface area contributed by atoms with Crippen LogP contribution in [0.15, 0.2) is 85.1 Å². The molecule has 172 valence electrons. The van der Waals surface area contributed by atoms with Gasteiger partial charge in [0.25, 0.3) is 0 Å². The summed E-state index contributed by atoms with van der Waals surface area (Å²) in [5.74, 6) is 1.04. The van der Waals surface area contributed by atoms with Gasteiger partial charge in [0.1, 0.15) is 5.75 Å². The Morgan fingerprint density at radius 1 is 1.00 bits per heavy atom. The first-order valence-electron chi connectivity index (χ1n) is 10.6. The summed E-state index contributed by atoms with van der Waals surface area (Å²) in [6, 6.07) is 24.2. The molecule has 2 amide bonds. The second-order valence-electron chi connectivity index (χ2n) is 7.49. The molecule has 0 saturated carbocycles. The van der Waals surface area contributed by atoms with Gasteiger partial charge >= 0.3 is 0 Å². The van der Waals surface area contributed by atoms with Crippen LogP contribution in [0.1, 0.15) is 15.9 Å². The van der Waals surface area contributed by atoms with Crippen LogP contribution < -0.4 is 15.8 Å². The van der Waals surface area contributed by atoms with Gasteiger partial charge in [-0.05, 0) is 60.7 Å². The second-order valence-corrected chi connectivity index (χ2v) is 8.48. The van der Waals surface area contributed by atoms with E-state index in [0.717, 1.165) is 28.3 Å². The smallest absolute Gasteiger partial charge is 0.248 e. The first-order chi connectivity index (χ1) is 16.5. The van der Waals surface area contributed by atoms with Gasteiger partial charge in [-0.2, -0.15) is 5.10 Å². The van der Waals surface area contributed by atoms with Gasteiger partial charge in [-0.1, -0.05) is 18.2 Å². The van der Waals surface area contributed by atoms with E-state index in [4.69, 9.17) is 15.6 Å². The zero-order valence-electron chi connectivity index (χ0n) is 18.6. The van der Waals surface area contributed by atoms with E-state index in [-0.39, 0.29) is 11.7 Å². The lowest BCUT2D eigenvalue weighted by atomic mass is 10.1. The summed E-state index contributed by atoms with van der Waals surface area (Å²) < 4.78 is 7.13. The molecule has 1 aromatic heterocycles. The van der Waals surface area contributed by atoms with E-state index in [1.54, 1.807) is 31.4 Å². The highest BCUT2D eigenvalue weighted by Crippen LogP contribution is 2.28.